The van der Waals surface area contributed by atoms with Crippen molar-refractivity contribution in [2.75, 3.05) is 5.88 Å². The van der Waals surface area contributed by atoms with E-state index in [1.807, 2.05) is 6.20 Å². The van der Waals surface area contributed by atoms with E-state index in [1.165, 1.54) is 12.8 Å². The Kier molecular flexibility index (Phi) is 2.81. The lowest BCUT2D eigenvalue weighted by molar-refractivity contribution is 0.460. The van der Waals surface area contributed by atoms with Crippen LogP contribution in [-0.2, 0) is 13.0 Å². The number of hydrogen-bond acceptors (Lipinski definition) is 2. The quantitative estimate of drug-likeness (QED) is 0.793. The number of imidazole rings is 1. The van der Waals surface area contributed by atoms with E-state index in [0.29, 0.717) is 11.3 Å². The number of aryl methyl sites for hydroxylation is 2. The second-order valence-corrected chi connectivity index (χ2v) is 6.10. The van der Waals surface area contributed by atoms with Crippen LogP contribution in [0, 0.1) is 12.3 Å². The fraction of sp³-hybridized carbons (Fsp3) is 0.571. The Morgan fingerprint density at radius 3 is 2.89 bits per heavy atom. The first-order chi connectivity index (χ1) is 8.61. The normalized spacial score (nSPS) is 17.3. The van der Waals surface area contributed by atoms with Gasteiger partial charge in [-0.2, -0.15) is 0 Å². The van der Waals surface area contributed by atoms with Crippen LogP contribution in [0.3, 0.4) is 0 Å². The van der Waals surface area contributed by atoms with Gasteiger partial charge in [-0.1, -0.05) is 6.92 Å². The molecule has 0 atom stereocenters. The van der Waals surface area contributed by atoms with Gasteiger partial charge < -0.3 is 4.57 Å². The van der Waals surface area contributed by atoms with Crippen LogP contribution in [-0.4, -0.2) is 20.4 Å². The Balaban J connectivity index is 2.09. The molecule has 18 heavy (non-hydrogen) atoms. The van der Waals surface area contributed by atoms with E-state index in [1.54, 1.807) is 0 Å². The smallest absolute Gasteiger partial charge is 0.160 e. The van der Waals surface area contributed by atoms with Crippen LogP contribution in [0.2, 0.25) is 0 Å². The highest BCUT2D eigenvalue weighted by atomic mass is 35.5. The van der Waals surface area contributed by atoms with Gasteiger partial charge >= 0.3 is 0 Å². The first-order valence-electron chi connectivity index (χ1n) is 6.49. The number of nitrogens with zero attached hydrogens (tertiary/aromatic N) is 3. The minimum Gasteiger partial charge on any atom is -0.312 e. The van der Waals surface area contributed by atoms with Gasteiger partial charge in [-0.25, -0.2) is 9.97 Å². The molecule has 0 aliphatic heterocycles. The van der Waals surface area contributed by atoms with Gasteiger partial charge in [0.25, 0.3) is 0 Å². The molecule has 2 aromatic rings. The van der Waals surface area contributed by atoms with Crippen LogP contribution < -0.4 is 0 Å². The summed E-state index contributed by atoms with van der Waals surface area (Å²) >= 11 is 5.88. The van der Waals surface area contributed by atoms with Crippen molar-refractivity contribution in [3.8, 4) is 0 Å². The lowest BCUT2D eigenvalue weighted by Gasteiger charge is -2.12. The standard InChI is InChI=1S/C14H18ClN3/c1-10-7-11-13(16-8-10)18(9-14(2)4-5-14)12(17-11)3-6-15/h7-8H,3-6,9H2,1-2H3. The van der Waals surface area contributed by atoms with Gasteiger partial charge in [-0.15, -0.1) is 11.6 Å². The highest BCUT2D eigenvalue weighted by Crippen LogP contribution is 2.47. The molecule has 1 saturated carbocycles. The Labute approximate surface area is 112 Å². The molecule has 96 valence electrons. The van der Waals surface area contributed by atoms with E-state index in [-0.39, 0.29) is 0 Å². The van der Waals surface area contributed by atoms with Crippen molar-refractivity contribution < 1.29 is 0 Å². The maximum atomic E-state index is 5.88. The summed E-state index contributed by atoms with van der Waals surface area (Å²) in [5, 5.41) is 0. The molecule has 0 unspecified atom stereocenters. The van der Waals surface area contributed by atoms with E-state index in [4.69, 9.17) is 16.6 Å². The van der Waals surface area contributed by atoms with Gasteiger partial charge in [0.2, 0.25) is 0 Å². The molecule has 3 rings (SSSR count). The molecule has 0 spiro atoms. The number of fused-ring (bicyclic) bond motifs is 1. The first kappa shape index (κ1) is 12.0. The molecule has 0 amide bonds. The minimum atomic E-state index is 0.446. The third kappa shape index (κ3) is 2.12. The summed E-state index contributed by atoms with van der Waals surface area (Å²) in [4.78, 5) is 9.24. The number of pyridine rings is 1. The van der Waals surface area contributed by atoms with E-state index in [0.717, 1.165) is 35.5 Å². The monoisotopic (exact) mass is 263 g/mol. The second kappa shape index (κ2) is 4.23. The molecule has 1 aliphatic rings. The molecule has 0 N–H and O–H groups in total. The van der Waals surface area contributed by atoms with Crippen molar-refractivity contribution in [1.82, 2.24) is 14.5 Å². The van der Waals surface area contributed by atoms with Crippen LogP contribution in [0.4, 0.5) is 0 Å². The van der Waals surface area contributed by atoms with Crippen LogP contribution in [0.25, 0.3) is 11.2 Å². The van der Waals surface area contributed by atoms with E-state index < -0.39 is 0 Å². The number of aromatic nitrogens is 3. The third-order valence-electron chi connectivity index (χ3n) is 3.76. The topological polar surface area (TPSA) is 30.7 Å². The van der Waals surface area contributed by atoms with Crippen LogP contribution in [0.1, 0.15) is 31.2 Å². The van der Waals surface area contributed by atoms with Crippen molar-refractivity contribution in [2.45, 2.75) is 39.7 Å². The molecule has 3 nitrogen and oxygen atoms in total. The molecular weight excluding hydrogens is 246 g/mol. The van der Waals surface area contributed by atoms with Gasteiger partial charge in [0.05, 0.1) is 0 Å². The number of halogens is 1. The van der Waals surface area contributed by atoms with Crippen molar-refractivity contribution in [3.63, 3.8) is 0 Å². The maximum absolute atomic E-state index is 5.88. The summed E-state index contributed by atoms with van der Waals surface area (Å²) in [6.07, 6.45) is 5.34. The summed E-state index contributed by atoms with van der Waals surface area (Å²) in [5.74, 6) is 1.69. The third-order valence-corrected chi connectivity index (χ3v) is 3.95. The fourth-order valence-electron chi connectivity index (χ4n) is 2.35. The Morgan fingerprint density at radius 2 is 2.22 bits per heavy atom. The largest absolute Gasteiger partial charge is 0.312 e. The second-order valence-electron chi connectivity index (χ2n) is 5.72. The van der Waals surface area contributed by atoms with Gasteiger partial charge in [-0.3, -0.25) is 0 Å². The highest BCUT2D eigenvalue weighted by molar-refractivity contribution is 6.17. The molecule has 1 fully saturated rings. The average Bonchev–Trinajstić information content (AvgIpc) is 2.96. The molecule has 2 aromatic heterocycles. The first-order valence-corrected chi connectivity index (χ1v) is 7.02. The van der Waals surface area contributed by atoms with Crippen LogP contribution in [0.15, 0.2) is 12.3 Å². The Hall–Kier alpha value is -1.09. The zero-order valence-corrected chi connectivity index (χ0v) is 11.7. The highest BCUT2D eigenvalue weighted by Gasteiger charge is 2.38. The van der Waals surface area contributed by atoms with Gasteiger partial charge in [-0.05, 0) is 36.8 Å². The maximum Gasteiger partial charge on any atom is 0.160 e. The molecular formula is C14H18ClN3. The van der Waals surface area contributed by atoms with Crippen molar-refractivity contribution in [1.29, 1.82) is 0 Å². The van der Waals surface area contributed by atoms with E-state index in [2.05, 4.69) is 29.5 Å². The molecule has 0 saturated heterocycles. The molecule has 0 aromatic carbocycles. The minimum absolute atomic E-state index is 0.446. The van der Waals surface area contributed by atoms with Gasteiger partial charge in [0, 0.05) is 25.0 Å². The van der Waals surface area contributed by atoms with E-state index in [9.17, 15) is 0 Å². The zero-order chi connectivity index (χ0) is 12.8. The summed E-state index contributed by atoms with van der Waals surface area (Å²) in [7, 11) is 0. The molecule has 0 bridgehead atoms. The van der Waals surface area contributed by atoms with Gasteiger partial charge in [0.1, 0.15) is 11.3 Å². The summed E-state index contributed by atoms with van der Waals surface area (Å²) in [6, 6.07) is 2.10. The molecule has 1 aliphatic carbocycles. The Bertz CT molecular complexity index is 584. The van der Waals surface area contributed by atoms with Crippen LogP contribution >= 0.6 is 11.6 Å². The van der Waals surface area contributed by atoms with E-state index >= 15 is 0 Å². The average molecular weight is 264 g/mol. The predicted molar refractivity (Wildman–Crippen MR) is 74.0 cm³/mol. The summed E-state index contributed by atoms with van der Waals surface area (Å²) < 4.78 is 2.27. The lowest BCUT2D eigenvalue weighted by atomic mass is 10.1. The number of alkyl halides is 1. The van der Waals surface area contributed by atoms with Crippen LogP contribution in [0.5, 0.6) is 0 Å². The zero-order valence-electron chi connectivity index (χ0n) is 10.9. The van der Waals surface area contributed by atoms with Gasteiger partial charge in [0.15, 0.2) is 5.65 Å². The fourth-order valence-corrected chi connectivity index (χ4v) is 2.52. The van der Waals surface area contributed by atoms with Crippen molar-refractivity contribution >= 4 is 22.8 Å². The number of rotatable bonds is 4. The Morgan fingerprint density at radius 1 is 1.44 bits per heavy atom. The predicted octanol–water partition coefficient (Wildman–Crippen LogP) is 3.32. The molecule has 2 heterocycles. The molecule has 0 radical (unpaired) electrons. The van der Waals surface area contributed by atoms with Crippen molar-refractivity contribution in [2.24, 2.45) is 5.41 Å². The summed E-state index contributed by atoms with van der Waals surface area (Å²) in [6.45, 7) is 5.40. The SMILES string of the molecule is Cc1cnc2c(c1)nc(CCCl)n2CC1(C)CC1. The number of hydrogen-bond donors (Lipinski definition) is 0. The summed E-state index contributed by atoms with van der Waals surface area (Å²) in [5.41, 5.74) is 3.61. The lowest BCUT2D eigenvalue weighted by Crippen LogP contribution is -2.12. The molecule has 4 heteroatoms. The van der Waals surface area contributed by atoms with Crippen molar-refractivity contribution in [3.05, 3.63) is 23.7 Å².